The van der Waals surface area contributed by atoms with Crippen LogP contribution in [0.4, 0.5) is 0 Å². The zero-order valence-corrected chi connectivity index (χ0v) is 13.4. The van der Waals surface area contributed by atoms with Gasteiger partial charge in [0.25, 0.3) is 0 Å². The average Bonchev–Trinajstić information content (AvgIpc) is 3.26. The van der Waals surface area contributed by atoms with E-state index in [2.05, 4.69) is 27.6 Å². The van der Waals surface area contributed by atoms with Crippen LogP contribution in [0.25, 0.3) is 0 Å². The Kier molecular flexibility index (Phi) is 5.42. The third-order valence-electron chi connectivity index (χ3n) is 4.42. The lowest BCUT2D eigenvalue weighted by molar-refractivity contribution is -0.132. The first kappa shape index (κ1) is 15.7. The van der Waals surface area contributed by atoms with Gasteiger partial charge in [0.2, 0.25) is 5.91 Å². The summed E-state index contributed by atoms with van der Waals surface area (Å²) < 4.78 is 0. The molecule has 0 aliphatic carbocycles. The molecule has 0 spiro atoms. The lowest BCUT2D eigenvalue weighted by Crippen LogP contribution is -2.30. The fraction of sp³-hybridized carbons (Fsp3) is 0.444. The van der Waals surface area contributed by atoms with E-state index in [1.54, 1.807) is 6.20 Å². The Balaban J connectivity index is 1.62. The van der Waals surface area contributed by atoms with Crippen molar-refractivity contribution in [1.29, 1.82) is 0 Å². The van der Waals surface area contributed by atoms with Crippen molar-refractivity contribution >= 4 is 5.91 Å². The Bertz CT molecular complexity index is 591. The number of nitrogens with one attached hydrogen (secondary N) is 2. The van der Waals surface area contributed by atoms with E-state index in [9.17, 15) is 4.79 Å². The van der Waals surface area contributed by atoms with Crippen LogP contribution in [0.2, 0.25) is 0 Å². The lowest BCUT2D eigenvalue weighted by atomic mass is 10.0. The van der Waals surface area contributed by atoms with Gasteiger partial charge in [-0.25, -0.2) is 0 Å². The zero-order chi connectivity index (χ0) is 15.9. The maximum Gasteiger partial charge on any atom is 0.223 e. The normalized spacial score (nSPS) is 17.3. The van der Waals surface area contributed by atoms with E-state index in [1.165, 1.54) is 6.42 Å². The van der Waals surface area contributed by atoms with Gasteiger partial charge in [-0.3, -0.25) is 9.89 Å². The Labute approximate surface area is 137 Å². The molecule has 1 aliphatic rings. The summed E-state index contributed by atoms with van der Waals surface area (Å²) in [6, 6.07) is 12.1. The minimum atomic E-state index is 0.218. The van der Waals surface area contributed by atoms with Crippen LogP contribution in [0.5, 0.6) is 0 Å². The second kappa shape index (κ2) is 7.92. The topological polar surface area (TPSA) is 61.0 Å². The van der Waals surface area contributed by atoms with Crippen LogP contribution in [-0.2, 0) is 17.9 Å². The van der Waals surface area contributed by atoms with E-state index in [4.69, 9.17) is 0 Å². The third-order valence-corrected chi connectivity index (χ3v) is 4.42. The van der Waals surface area contributed by atoms with Gasteiger partial charge in [0.15, 0.2) is 0 Å². The van der Waals surface area contributed by atoms with Crippen molar-refractivity contribution in [2.45, 2.75) is 32.4 Å². The van der Waals surface area contributed by atoms with Crippen molar-refractivity contribution in [2.24, 2.45) is 5.92 Å². The Morgan fingerprint density at radius 2 is 2.09 bits per heavy atom. The SMILES string of the molecule is O=C(CCC1CCNC1)N(Cc1ccccc1)Cc1ccn[nH]1. The van der Waals surface area contributed by atoms with Gasteiger partial charge in [-0.15, -0.1) is 0 Å². The van der Waals surface area contributed by atoms with Crippen LogP contribution in [0.3, 0.4) is 0 Å². The second-order valence-electron chi connectivity index (χ2n) is 6.21. The molecular formula is C18H24N4O. The summed E-state index contributed by atoms with van der Waals surface area (Å²) in [5, 5.41) is 10.3. The number of carbonyl (C=O) groups excluding carboxylic acids is 1. The van der Waals surface area contributed by atoms with Gasteiger partial charge in [0.1, 0.15) is 0 Å². The minimum Gasteiger partial charge on any atom is -0.332 e. The molecule has 2 aromatic rings. The number of carbonyl (C=O) groups is 1. The summed E-state index contributed by atoms with van der Waals surface area (Å²) in [7, 11) is 0. The number of hydrogen-bond acceptors (Lipinski definition) is 3. The summed E-state index contributed by atoms with van der Waals surface area (Å²) >= 11 is 0. The first-order valence-corrected chi connectivity index (χ1v) is 8.32. The predicted octanol–water partition coefficient (Wildman–Crippen LogP) is 2.33. The fourth-order valence-electron chi connectivity index (χ4n) is 3.06. The molecule has 0 saturated carbocycles. The van der Waals surface area contributed by atoms with Gasteiger partial charge in [-0.05, 0) is 43.5 Å². The van der Waals surface area contributed by atoms with Crippen LogP contribution in [0.1, 0.15) is 30.5 Å². The van der Waals surface area contributed by atoms with Crippen LogP contribution >= 0.6 is 0 Å². The molecule has 122 valence electrons. The molecule has 1 aliphatic heterocycles. The number of nitrogens with zero attached hydrogens (tertiary/aromatic N) is 2. The Morgan fingerprint density at radius 1 is 1.22 bits per heavy atom. The van der Waals surface area contributed by atoms with E-state index in [1.807, 2.05) is 29.2 Å². The highest BCUT2D eigenvalue weighted by molar-refractivity contribution is 5.76. The monoisotopic (exact) mass is 312 g/mol. The fourth-order valence-corrected chi connectivity index (χ4v) is 3.06. The van der Waals surface area contributed by atoms with Gasteiger partial charge in [0, 0.05) is 19.2 Å². The van der Waals surface area contributed by atoms with Crippen molar-refractivity contribution in [3.05, 3.63) is 53.9 Å². The maximum atomic E-state index is 12.7. The minimum absolute atomic E-state index is 0.218. The van der Waals surface area contributed by atoms with Crippen LogP contribution < -0.4 is 5.32 Å². The maximum absolute atomic E-state index is 12.7. The quantitative estimate of drug-likeness (QED) is 0.825. The number of aromatic amines is 1. The van der Waals surface area contributed by atoms with Gasteiger partial charge < -0.3 is 10.2 Å². The molecular weight excluding hydrogens is 288 g/mol. The van der Waals surface area contributed by atoms with E-state index in [0.717, 1.165) is 30.8 Å². The molecule has 1 unspecified atom stereocenters. The molecule has 0 radical (unpaired) electrons. The molecule has 2 heterocycles. The molecule has 1 aromatic heterocycles. The van der Waals surface area contributed by atoms with Crippen LogP contribution in [-0.4, -0.2) is 34.1 Å². The number of H-pyrrole nitrogens is 1. The summed E-state index contributed by atoms with van der Waals surface area (Å²) in [4.78, 5) is 14.6. The Morgan fingerprint density at radius 3 is 2.78 bits per heavy atom. The molecule has 1 fully saturated rings. The van der Waals surface area contributed by atoms with Gasteiger partial charge in [0.05, 0.1) is 12.2 Å². The standard InChI is InChI=1S/C18H24N4O/c23-18(7-6-15-8-10-19-12-15)22(14-17-9-11-20-21-17)13-16-4-2-1-3-5-16/h1-5,9,11,15,19H,6-8,10,12-14H2,(H,20,21). The number of aromatic nitrogens is 2. The number of hydrogen-bond donors (Lipinski definition) is 2. The van der Waals surface area contributed by atoms with Crippen molar-refractivity contribution < 1.29 is 4.79 Å². The van der Waals surface area contributed by atoms with E-state index in [-0.39, 0.29) is 5.91 Å². The van der Waals surface area contributed by atoms with Crippen molar-refractivity contribution in [2.75, 3.05) is 13.1 Å². The average molecular weight is 312 g/mol. The van der Waals surface area contributed by atoms with Gasteiger partial charge >= 0.3 is 0 Å². The molecule has 1 atom stereocenters. The lowest BCUT2D eigenvalue weighted by Gasteiger charge is -2.23. The van der Waals surface area contributed by atoms with Gasteiger partial charge in [-0.2, -0.15) is 5.10 Å². The molecule has 2 N–H and O–H groups in total. The summed E-state index contributed by atoms with van der Waals surface area (Å²) in [5.41, 5.74) is 2.12. The molecule has 1 amide bonds. The Hall–Kier alpha value is -2.14. The molecule has 0 bridgehead atoms. The molecule has 23 heavy (non-hydrogen) atoms. The van der Waals surface area contributed by atoms with E-state index >= 15 is 0 Å². The number of rotatable bonds is 7. The van der Waals surface area contributed by atoms with Crippen LogP contribution in [0, 0.1) is 5.92 Å². The first-order chi connectivity index (χ1) is 11.3. The molecule has 1 saturated heterocycles. The van der Waals surface area contributed by atoms with E-state index in [0.29, 0.717) is 25.4 Å². The van der Waals surface area contributed by atoms with Gasteiger partial charge in [-0.1, -0.05) is 30.3 Å². The highest BCUT2D eigenvalue weighted by Gasteiger charge is 2.19. The molecule has 1 aromatic carbocycles. The third kappa shape index (κ3) is 4.66. The van der Waals surface area contributed by atoms with E-state index < -0.39 is 0 Å². The van der Waals surface area contributed by atoms with Crippen molar-refractivity contribution in [3.8, 4) is 0 Å². The molecule has 5 nitrogen and oxygen atoms in total. The first-order valence-electron chi connectivity index (χ1n) is 8.32. The summed E-state index contributed by atoms with van der Waals surface area (Å²) in [6.45, 7) is 3.35. The molecule has 5 heteroatoms. The summed E-state index contributed by atoms with van der Waals surface area (Å²) in [6.07, 6.45) is 4.50. The zero-order valence-electron chi connectivity index (χ0n) is 13.4. The number of benzene rings is 1. The summed E-state index contributed by atoms with van der Waals surface area (Å²) in [5.74, 6) is 0.861. The highest BCUT2D eigenvalue weighted by atomic mass is 16.2. The number of amides is 1. The smallest absolute Gasteiger partial charge is 0.223 e. The van der Waals surface area contributed by atoms with Crippen molar-refractivity contribution in [3.63, 3.8) is 0 Å². The molecule has 3 rings (SSSR count). The van der Waals surface area contributed by atoms with Crippen LogP contribution in [0.15, 0.2) is 42.6 Å². The van der Waals surface area contributed by atoms with Crippen molar-refractivity contribution in [1.82, 2.24) is 20.4 Å². The second-order valence-corrected chi connectivity index (χ2v) is 6.21. The highest BCUT2D eigenvalue weighted by Crippen LogP contribution is 2.17. The predicted molar refractivity (Wildman–Crippen MR) is 89.5 cm³/mol. The largest absolute Gasteiger partial charge is 0.332 e.